The quantitative estimate of drug-likeness (QED) is 0.291. The van der Waals surface area contributed by atoms with Gasteiger partial charge in [-0.25, -0.2) is 8.42 Å². The summed E-state index contributed by atoms with van der Waals surface area (Å²) in [6.45, 7) is 6.95. The summed E-state index contributed by atoms with van der Waals surface area (Å²) in [5, 5.41) is 3.69. The van der Waals surface area contributed by atoms with Gasteiger partial charge in [-0.3, -0.25) is 13.9 Å². The average molecular weight is 610 g/mol. The Hall–Kier alpha value is -3.36. The monoisotopic (exact) mass is 609 g/mol. The van der Waals surface area contributed by atoms with Gasteiger partial charge in [-0.2, -0.15) is 0 Å². The third-order valence-corrected chi connectivity index (χ3v) is 9.93. The van der Waals surface area contributed by atoms with Gasteiger partial charge in [0.2, 0.25) is 11.8 Å². The van der Waals surface area contributed by atoms with Crippen molar-refractivity contribution in [1.29, 1.82) is 0 Å². The first-order chi connectivity index (χ1) is 20.0. The van der Waals surface area contributed by atoms with Crippen LogP contribution in [0.3, 0.4) is 0 Å². The number of halogens is 1. The summed E-state index contributed by atoms with van der Waals surface area (Å²) in [6.07, 6.45) is 5.12. The van der Waals surface area contributed by atoms with Crippen LogP contribution in [-0.2, 0) is 26.2 Å². The predicted octanol–water partition coefficient (Wildman–Crippen LogP) is 6.33. The SMILES string of the molecule is Cc1ccc(S(=O)(=O)N(CC(=O)N(Cc2ccc(Cl)cc2)C(C)C(=O)NC2CCCCC2)c2cc(C)ccc2C)cc1. The van der Waals surface area contributed by atoms with Gasteiger partial charge in [-0.1, -0.05) is 72.8 Å². The number of nitrogens with one attached hydrogen (secondary N) is 1. The van der Waals surface area contributed by atoms with E-state index in [9.17, 15) is 18.0 Å². The molecule has 1 unspecified atom stereocenters. The van der Waals surface area contributed by atoms with Crippen LogP contribution in [0.2, 0.25) is 5.02 Å². The fraction of sp³-hybridized carbons (Fsp3) is 0.394. The summed E-state index contributed by atoms with van der Waals surface area (Å²) in [5.74, 6) is -0.725. The molecule has 1 aliphatic rings. The second-order valence-corrected chi connectivity index (χ2v) is 13.6. The zero-order valence-electron chi connectivity index (χ0n) is 24.8. The van der Waals surface area contributed by atoms with Crippen LogP contribution < -0.4 is 9.62 Å². The minimum atomic E-state index is -4.12. The van der Waals surface area contributed by atoms with E-state index in [-0.39, 0.29) is 23.4 Å². The third-order valence-electron chi connectivity index (χ3n) is 7.91. The maximum atomic E-state index is 14.2. The number of carbonyl (C=O) groups is 2. The third kappa shape index (κ3) is 7.72. The van der Waals surface area contributed by atoms with E-state index in [1.807, 2.05) is 32.9 Å². The number of nitrogens with zero attached hydrogens (tertiary/aromatic N) is 2. The normalized spacial score (nSPS) is 14.7. The highest BCUT2D eigenvalue weighted by molar-refractivity contribution is 7.92. The molecular formula is C33H40ClN3O4S. The topological polar surface area (TPSA) is 86.8 Å². The molecule has 1 N–H and O–H groups in total. The number of anilines is 1. The van der Waals surface area contributed by atoms with Crippen molar-refractivity contribution in [3.8, 4) is 0 Å². The molecule has 4 rings (SSSR count). The molecule has 224 valence electrons. The number of rotatable bonds is 10. The van der Waals surface area contributed by atoms with Crippen LogP contribution in [0.4, 0.5) is 5.69 Å². The maximum absolute atomic E-state index is 14.2. The van der Waals surface area contributed by atoms with Gasteiger partial charge < -0.3 is 10.2 Å². The Bertz CT molecular complexity index is 1500. The molecule has 7 nitrogen and oxygen atoms in total. The Morgan fingerprint density at radius 2 is 1.52 bits per heavy atom. The predicted molar refractivity (Wildman–Crippen MR) is 168 cm³/mol. The molecule has 0 radical (unpaired) electrons. The van der Waals surface area contributed by atoms with Crippen molar-refractivity contribution in [1.82, 2.24) is 10.2 Å². The van der Waals surface area contributed by atoms with Gasteiger partial charge in [0.25, 0.3) is 10.0 Å². The lowest BCUT2D eigenvalue weighted by molar-refractivity contribution is -0.139. The molecule has 3 aromatic rings. The largest absolute Gasteiger partial charge is 0.352 e. The number of benzene rings is 3. The van der Waals surface area contributed by atoms with E-state index < -0.39 is 28.5 Å². The van der Waals surface area contributed by atoms with Crippen LogP contribution in [0.25, 0.3) is 0 Å². The number of hydrogen-bond acceptors (Lipinski definition) is 4. The lowest BCUT2D eigenvalue weighted by Gasteiger charge is -2.33. The van der Waals surface area contributed by atoms with Crippen LogP contribution in [0.1, 0.15) is 61.3 Å². The zero-order chi connectivity index (χ0) is 30.4. The Balaban J connectivity index is 1.70. The number of aryl methyl sites for hydroxylation is 3. The maximum Gasteiger partial charge on any atom is 0.264 e. The van der Waals surface area contributed by atoms with Crippen LogP contribution in [0.15, 0.2) is 71.6 Å². The van der Waals surface area contributed by atoms with Crippen molar-refractivity contribution < 1.29 is 18.0 Å². The number of hydrogen-bond donors (Lipinski definition) is 1. The molecule has 9 heteroatoms. The molecule has 42 heavy (non-hydrogen) atoms. The highest BCUT2D eigenvalue weighted by atomic mass is 35.5. The molecular weight excluding hydrogens is 570 g/mol. The molecule has 0 aromatic heterocycles. The molecule has 0 aliphatic heterocycles. The van der Waals surface area contributed by atoms with Gasteiger partial charge >= 0.3 is 0 Å². The van der Waals surface area contributed by atoms with Crippen molar-refractivity contribution in [3.05, 3.63) is 94.0 Å². The van der Waals surface area contributed by atoms with Crippen molar-refractivity contribution in [2.75, 3.05) is 10.8 Å². The number of sulfonamides is 1. The summed E-state index contributed by atoms with van der Waals surface area (Å²) in [4.78, 5) is 29.2. The highest BCUT2D eigenvalue weighted by Crippen LogP contribution is 2.29. The van der Waals surface area contributed by atoms with E-state index in [0.29, 0.717) is 10.7 Å². The minimum Gasteiger partial charge on any atom is -0.352 e. The Kier molecular flexibility index (Phi) is 10.3. The number of amides is 2. The average Bonchev–Trinajstić information content (AvgIpc) is 2.97. The van der Waals surface area contributed by atoms with Gasteiger partial charge in [-0.05, 0) is 87.6 Å². The molecule has 0 saturated heterocycles. The number of carbonyl (C=O) groups excluding carboxylic acids is 2. The molecule has 0 bridgehead atoms. The fourth-order valence-corrected chi connectivity index (χ4v) is 6.87. The van der Waals surface area contributed by atoms with Crippen LogP contribution >= 0.6 is 11.6 Å². The van der Waals surface area contributed by atoms with E-state index in [4.69, 9.17) is 11.6 Å². The molecule has 3 aromatic carbocycles. The molecule has 1 atom stereocenters. The first kappa shape index (κ1) is 31.6. The fourth-order valence-electron chi connectivity index (χ4n) is 5.28. The van der Waals surface area contributed by atoms with Gasteiger partial charge in [0.15, 0.2) is 0 Å². The summed E-state index contributed by atoms with van der Waals surface area (Å²) in [5.41, 5.74) is 3.72. The van der Waals surface area contributed by atoms with Crippen LogP contribution in [0, 0.1) is 20.8 Å². The van der Waals surface area contributed by atoms with Gasteiger partial charge in [-0.15, -0.1) is 0 Å². The first-order valence-electron chi connectivity index (χ1n) is 14.5. The van der Waals surface area contributed by atoms with E-state index in [2.05, 4.69) is 5.32 Å². The van der Waals surface area contributed by atoms with Crippen molar-refractivity contribution in [3.63, 3.8) is 0 Å². The van der Waals surface area contributed by atoms with Crippen molar-refractivity contribution >= 4 is 39.1 Å². The smallest absolute Gasteiger partial charge is 0.264 e. The molecule has 0 heterocycles. The molecule has 2 amide bonds. The lowest BCUT2D eigenvalue weighted by Crippen LogP contribution is -2.53. The van der Waals surface area contributed by atoms with Crippen molar-refractivity contribution in [2.24, 2.45) is 0 Å². The summed E-state index contributed by atoms with van der Waals surface area (Å²) in [7, 11) is -4.12. The minimum absolute atomic E-state index is 0.0783. The summed E-state index contributed by atoms with van der Waals surface area (Å²) < 4.78 is 29.3. The van der Waals surface area contributed by atoms with E-state index in [1.165, 1.54) is 9.21 Å². The molecule has 1 saturated carbocycles. The van der Waals surface area contributed by atoms with Crippen LogP contribution in [0.5, 0.6) is 0 Å². The zero-order valence-corrected chi connectivity index (χ0v) is 26.3. The van der Waals surface area contributed by atoms with E-state index >= 15 is 0 Å². The first-order valence-corrected chi connectivity index (χ1v) is 16.3. The summed E-state index contributed by atoms with van der Waals surface area (Å²) in [6, 6.07) is 18.4. The van der Waals surface area contributed by atoms with Crippen LogP contribution in [-0.4, -0.2) is 43.8 Å². The highest BCUT2D eigenvalue weighted by Gasteiger charge is 2.33. The summed E-state index contributed by atoms with van der Waals surface area (Å²) >= 11 is 6.10. The van der Waals surface area contributed by atoms with E-state index in [0.717, 1.165) is 54.4 Å². The molecule has 0 spiro atoms. The van der Waals surface area contributed by atoms with Gasteiger partial charge in [0.05, 0.1) is 10.6 Å². The Labute approximate surface area is 254 Å². The second-order valence-electron chi connectivity index (χ2n) is 11.3. The molecule has 1 fully saturated rings. The van der Waals surface area contributed by atoms with Crippen molar-refractivity contribution in [2.45, 2.75) is 83.3 Å². The van der Waals surface area contributed by atoms with Gasteiger partial charge in [0.1, 0.15) is 12.6 Å². The lowest BCUT2D eigenvalue weighted by atomic mass is 9.95. The second kappa shape index (κ2) is 13.7. The molecule has 1 aliphatic carbocycles. The van der Waals surface area contributed by atoms with Gasteiger partial charge in [0, 0.05) is 17.6 Å². The standard InChI is InChI=1S/C33H40ClN3O4S/c1-23-11-18-30(19-12-23)42(40,41)37(31-20-24(2)10-13-25(31)3)22-32(38)36(21-27-14-16-28(34)17-15-27)26(4)33(39)35-29-8-6-5-7-9-29/h10-20,26,29H,5-9,21-22H2,1-4H3,(H,35,39). The van der Waals surface area contributed by atoms with E-state index in [1.54, 1.807) is 61.5 Å². The Morgan fingerprint density at radius 3 is 2.17 bits per heavy atom. The Morgan fingerprint density at radius 1 is 0.905 bits per heavy atom.